The van der Waals surface area contributed by atoms with E-state index in [9.17, 15) is 4.79 Å². The fourth-order valence-corrected chi connectivity index (χ4v) is 2.32. The molecular formula is C17H21N3O. The molecule has 110 valence electrons. The first-order valence-electron chi connectivity index (χ1n) is 6.89. The number of aromatic nitrogens is 1. The molecule has 0 unspecified atom stereocenters. The summed E-state index contributed by atoms with van der Waals surface area (Å²) >= 11 is 0. The molecule has 0 aliphatic carbocycles. The van der Waals surface area contributed by atoms with Crippen LogP contribution in [0, 0.1) is 0 Å². The van der Waals surface area contributed by atoms with Crippen LogP contribution in [0.1, 0.15) is 36.7 Å². The molecule has 0 aliphatic heterocycles. The van der Waals surface area contributed by atoms with E-state index in [4.69, 9.17) is 5.73 Å². The Bertz CT molecular complexity index is 659. The van der Waals surface area contributed by atoms with E-state index < -0.39 is 0 Å². The van der Waals surface area contributed by atoms with Gasteiger partial charge in [-0.3, -0.25) is 9.78 Å². The third-order valence-corrected chi connectivity index (χ3v) is 3.46. The lowest BCUT2D eigenvalue weighted by atomic mass is 9.83. The van der Waals surface area contributed by atoms with Crippen molar-refractivity contribution in [2.45, 2.75) is 26.2 Å². The molecule has 1 heterocycles. The van der Waals surface area contributed by atoms with Crippen LogP contribution in [0.5, 0.6) is 0 Å². The summed E-state index contributed by atoms with van der Waals surface area (Å²) in [4.78, 5) is 18.3. The van der Waals surface area contributed by atoms with Gasteiger partial charge < -0.3 is 10.6 Å². The van der Waals surface area contributed by atoms with Crippen molar-refractivity contribution in [1.82, 2.24) is 4.98 Å². The standard InChI is InChI=1S/C17H21N3O/c1-17(2,3)13-8-6-5-7-12(13)16(21)20(4)15-9-10-19-11-14(15)18/h5-11H,18H2,1-4H3. The predicted octanol–water partition coefficient (Wildman–Crippen LogP) is 3.24. The number of hydrogen-bond acceptors (Lipinski definition) is 3. The van der Waals surface area contributed by atoms with E-state index in [0.717, 1.165) is 5.56 Å². The van der Waals surface area contributed by atoms with Crippen molar-refractivity contribution in [3.8, 4) is 0 Å². The first kappa shape index (κ1) is 15.0. The molecule has 4 nitrogen and oxygen atoms in total. The highest BCUT2D eigenvalue weighted by Gasteiger charge is 2.24. The van der Waals surface area contributed by atoms with Crippen molar-refractivity contribution >= 4 is 17.3 Å². The Morgan fingerprint density at radius 1 is 1.19 bits per heavy atom. The molecule has 0 spiro atoms. The molecule has 0 fully saturated rings. The maximum atomic E-state index is 12.8. The molecule has 2 rings (SSSR count). The van der Waals surface area contributed by atoms with Crippen LogP contribution in [0.2, 0.25) is 0 Å². The number of anilines is 2. The van der Waals surface area contributed by atoms with Gasteiger partial charge in [-0.25, -0.2) is 0 Å². The van der Waals surface area contributed by atoms with Gasteiger partial charge in [0.15, 0.2) is 0 Å². The number of carbonyl (C=O) groups excluding carboxylic acids is 1. The van der Waals surface area contributed by atoms with E-state index >= 15 is 0 Å². The summed E-state index contributed by atoms with van der Waals surface area (Å²) in [6.07, 6.45) is 3.18. The molecule has 0 atom stereocenters. The third kappa shape index (κ3) is 3.05. The number of nitrogens with zero attached hydrogens (tertiary/aromatic N) is 2. The molecule has 0 aliphatic rings. The molecule has 1 aromatic heterocycles. The lowest BCUT2D eigenvalue weighted by Crippen LogP contribution is -2.30. The summed E-state index contributed by atoms with van der Waals surface area (Å²) in [5.74, 6) is -0.0709. The summed E-state index contributed by atoms with van der Waals surface area (Å²) < 4.78 is 0. The summed E-state index contributed by atoms with van der Waals surface area (Å²) in [5.41, 5.74) is 8.68. The van der Waals surface area contributed by atoms with Crippen LogP contribution in [-0.2, 0) is 5.41 Å². The molecule has 2 aromatic rings. The van der Waals surface area contributed by atoms with Crippen LogP contribution >= 0.6 is 0 Å². The first-order chi connectivity index (χ1) is 9.82. The molecule has 1 amide bonds. The van der Waals surface area contributed by atoms with Gasteiger partial charge in [0.2, 0.25) is 0 Å². The molecule has 4 heteroatoms. The van der Waals surface area contributed by atoms with Gasteiger partial charge in [-0.15, -0.1) is 0 Å². The van der Waals surface area contributed by atoms with Crippen LogP contribution in [-0.4, -0.2) is 17.9 Å². The highest BCUT2D eigenvalue weighted by atomic mass is 16.2. The van der Waals surface area contributed by atoms with Gasteiger partial charge >= 0.3 is 0 Å². The topological polar surface area (TPSA) is 59.2 Å². The zero-order valence-corrected chi connectivity index (χ0v) is 12.9. The lowest BCUT2D eigenvalue weighted by Gasteiger charge is -2.25. The van der Waals surface area contributed by atoms with E-state index in [2.05, 4.69) is 25.8 Å². The SMILES string of the molecule is CN(C(=O)c1ccccc1C(C)(C)C)c1ccncc1N. The number of pyridine rings is 1. The first-order valence-corrected chi connectivity index (χ1v) is 6.89. The van der Waals surface area contributed by atoms with E-state index in [1.807, 2.05) is 24.3 Å². The van der Waals surface area contributed by atoms with E-state index in [0.29, 0.717) is 16.9 Å². The molecule has 1 aromatic carbocycles. The second-order valence-corrected chi connectivity index (χ2v) is 6.09. The molecule has 0 bridgehead atoms. The Kier molecular flexibility index (Phi) is 3.98. The average molecular weight is 283 g/mol. The normalized spacial score (nSPS) is 11.2. The van der Waals surface area contributed by atoms with Crippen molar-refractivity contribution < 1.29 is 4.79 Å². The van der Waals surface area contributed by atoms with Crippen LogP contribution in [0.15, 0.2) is 42.7 Å². The van der Waals surface area contributed by atoms with E-state index in [-0.39, 0.29) is 11.3 Å². The largest absolute Gasteiger partial charge is 0.396 e. The Morgan fingerprint density at radius 3 is 2.48 bits per heavy atom. The molecule has 0 saturated carbocycles. The van der Waals surface area contributed by atoms with E-state index in [1.165, 1.54) is 0 Å². The van der Waals surface area contributed by atoms with Crippen molar-refractivity contribution in [2.24, 2.45) is 0 Å². The number of carbonyl (C=O) groups is 1. The number of benzene rings is 1. The maximum Gasteiger partial charge on any atom is 0.258 e. The highest BCUT2D eigenvalue weighted by molar-refractivity contribution is 6.08. The minimum absolute atomic E-state index is 0.0709. The van der Waals surface area contributed by atoms with Crippen molar-refractivity contribution in [3.05, 3.63) is 53.9 Å². The van der Waals surface area contributed by atoms with Crippen LogP contribution in [0.4, 0.5) is 11.4 Å². The Morgan fingerprint density at radius 2 is 1.86 bits per heavy atom. The van der Waals surface area contributed by atoms with Crippen LogP contribution in [0.25, 0.3) is 0 Å². The van der Waals surface area contributed by atoms with Crippen LogP contribution < -0.4 is 10.6 Å². The fraction of sp³-hybridized carbons (Fsp3) is 0.294. The van der Waals surface area contributed by atoms with Gasteiger partial charge in [0, 0.05) is 18.8 Å². The number of nitrogen functional groups attached to an aromatic ring is 1. The zero-order chi connectivity index (χ0) is 15.6. The Balaban J connectivity index is 2.44. The van der Waals surface area contributed by atoms with E-state index in [1.54, 1.807) is 30.4 Å². The number of amides is 1. The monoisotopic (exact) mass is 283 g/mol. The lowest BCUT2D eigenvalue weighted by molar-refractivity contribution is 0.0991. The maximum absolute atomic E-state index is 12.8. The quantitative estimate of drug-likeness (QED) is 0.920. The van der Waals surface area contributed by atoms with Gasteiger partial charge in [0.05, 0.1) is 17.6 Å². The average Bonchev–Trinajstić information content (AvgIpc) is 2.45. The number of hydrogen-bond donors (Lipinski definition) is 1. The summed E-state index contributed by atoms with van der Waals surface area (Å²) in [6, 6.07) is 9.44. The van der Waals surface area contributed by atoms with Gasteiger partial charge in [-0.05, 0) is 23.1 Å². The van der Waals surface area contributed by atoms with Gasteiger partial charge in [0.1, 0.15) is 0 Å². The third-order valence-electron chi connectivity index (χ3n) is 3.46. The second-order valence-electron chi connectivity index (χ2n) is 6.09. The second kappa shape index (κ2) is 5.56. The number of rotatable bonds is 2. The Labute approximate surface area is 125 Å². The van der Waals surface area contributed by atoms with Crippen molar-refractivity contribution in [1.29, 1.82) is 0 Å². The minimum atomic E-state index is -0.100. The molecule has 0 radical (unpaired) electrons. The van der Waals surface area contributed by atoms with Crippen LogP contribution in [0.3, 0.4) is 0 Å². The van der Waals surface area contributed by atoms with Crippen molar-refractivity contribution in [3.63, 3.8) is 0 Å². The molecule has 0 saturated heterocycles. The fourth-order valence-electron chi connectivity index (χ4n) is 2.32. The van der Waals surface area contributed by atoms with Crippen molar-refractivity contribution in [2.75, 3.05) is 17.7 Å². The molecule has 2 N–H and O–H groups in total. The van der Waals surface area contributed by atoms with Gasteiger partial charge in [-0.2, -0.15) is 0 Å². The summed E-state index contributed by atoms with van der Waals surface area (Å²) in [7, 11) is 1.73. The van der Waals surface area contributed by atoms with Gasteiger partial charge in [-0.1, -0.05) is 39.0 Å². The predicted molar refractivity (Wildman–Crippen MR) is 86.5 cm³/mol. The van der Waals surface area contributed by atoms with Gasteiger partial charge in [0.25, 0.3) is 5.91 Å². The molecular weight excluding hydrogens is 262 g/mol. The molecule has 21 heavy (non-hydrogen) atoms. The summed E-state index contributed by atoms with van der Waals surface area (Å²) in [6.45, 7) is 6.29. The smallest absolute Gasteiger partial charge is 0.258 e. The number of nitrogens with two attached hydrogens (primary N) is 1. The summed E-state index contributed by atoms with van der Waals surface area (Å²) in [5, 5.41) is 0. The Hall–Kier alpha value is -2.36. The highest BCUT2D eigenvalue weighted by Crippen LogP contribution is 2.28. The zero-order valence-electron chi connectivity index (χ0n) is 12.9. The minimum Gasteiger partial charge on any atom is -0.396 e.